The second kappa shape index (κ2) is 7.11. The molecule has 1 N–H and O–H groups in total. The molecule has 7 heteroatoms. The van der Waals surface area contributed by atoms with Gasteiger partial charge < -0.3 is 9.64 Å². The lowest BCUT2D eigenvalue weighted by atomic mass is 10.1. The summed E-state index contributed by atoms with van der Waals surface area (Å²) in [6, 6.07) is 10.0. The number of para-hydroxylation sites is 1. The Morgan fingerprint density at radius 1 is 1.23 bits per heavy atom. The maximum atomic E-state index is 6.02. The summed E-state index contributed by atoms with van der Waals surface area (Å²) < 4.78 is 6.02. The number of aryl methyl sites for hydroxylation is 2. The van der Waals surface area contributed by atoms with Crippen molar-refractivity contribution in [2.24, 2.45) is 5.92 Å². The predicted molar refractivity (Wildman–Crippen MR) is 99.1 cm³/mol. The first kappa shape index (κ1) is 16.5. The molecule has 1 fully saturated rings. The first-order valence-corrected chi connectivity index (χ1v) is 8.84. The van der Waals surface area contributed by atoms with Crippen LogP contribution in [0.4, 0.5) is 5.95 Å². The van der Waals surface area contributed by atoms with Gasteiger partial charge in [0, 0.05) is 24.7 Å². The van der Waals surface area contributed by atoms with E-state index in [1.54, 1.807) is 6.33 Å². The van der Waals surface area contributed by atoms with Gasteiger partial charge in [-0.05, 0) is 38.0 Å². The number of hydrogen-bond acceptors (Lipinski definition) is 6. The Hall–Kier alpha value is -2.96. The highest BCUT2D eigenvalue weighted by atomic mass is 16.5. The van der Waals surface area contributed by atoms with Crippen LogP contribution in [-0.2, 0) is 0 Å². The molecule has 26 heavy (non-hydrogen) atoms. The van der Waals surface area contributed by atoms with Gasteiger partial charge in [0.1, 0.15) is 17.8 Å². The van der Waals surface area contributed by atoms with Crippen molar-refractivity contribution in [3.05, 3.63) is 47.9 Å². The van der Waals surface area contributed by atoms with Crippen molar-refractivity contribution in [2.75, 3.05) is 24.6 Å². The second-order valence-corrected chi connectivity index (χ2v) is 6.69. The molecule has 3 aromatic rings. The highest BCUT2D eigenvalue weighted by Gasteiger charge is 2.26. The molecule has 1 aliphatic rings. The minimum atomic E-state index is 0.464. The van der Waals surface area contributed by atoms with Gasteiger partial charge in [0.25, 0.3) is 0 Å². The Morgan fingerprint density at radius 3 is 2.92 bits per heavy atom. The Kier molecular flexibility index (Phi) is 4.51. The van der Waals surface area contributed by atoms with Crippen molar-refractivity contribution >= 4 is 5.95 Å². The minimum absolute atomic E-state index is 0.464. The molecule has 1 atom stereocenters. The number of rotatable bonds is 5. The maximum absolute atomic E-state index is 6.02. The van der Waals surface area contributed by atoms with Crippen molar-refractivity contribution in [2.45, 2.75) is 20.3 Å². The molecular formula is C19H22N6O. The average molecular weight is 350 g/mol. The van der Waals surface area contributed by atoms with Crippen molar-refractivity contribution in [3.8, 4) is 17.3 Å². The van der Waals surface area contributed by atoms with E-state index in [9.17, 15) is 0 Å². The van der Waals surface area contributed by atoms with E-state index in [1.807, 2.05) is 31.2 Å². The third-order valence-corrected chi connectivity index (χ3v) is 4.62. The molecule has 4 rings (SSSR count). The third-order valence-electron chi connectivity index (χ3n) is 4.62. The van der Waals surface area contributed by atoms with Gasteiger partial charge in [0.05, 0.1) is 6.61 Å². The maximum Gasteiger partial charge on any atom is 0.226 e. The lowest BCUT2D eigenvalue weighted by molar-refractivity contribution is 0.259. The number of hydrogen-bond donors (Lipinski definition) is 1. The van der Waals surface area contributed by atoms with Crippen molar-refractivity contribution in [1.82, 2.24) is 25.1 Å². The molecule has 2 aromatic heterocycles. The number of aromatic amines is 1. The zero-order valence-electron chi connectivity index (χ0n) is 15.0. The van der Waals surface area contributed by atoms with E-state index in [2.05, 4.69) is 43.0 Å². The number of H-pyrrole nitrogens is 1. The molecule has 1 unspecified atom stereocenters. The van der Waals surface area contributed by atoms with E-state index >= 15 is 0 Å². The van der Waals surface area contributed by atoms with Gasteiger partial charge in [-0.1, -0.05) is 18.2 Å². The van der Waals surface area contributed by atoms with Crippen molar-refractivity contribution < 1.29 is 4.74 Å². The van der Waals surface area contributed by atoms with Crippen LogP contribution in [0.5, 0.6) is 5.75 Å². The zero-order valence-corrected chi connectivity index (χ0v) is 15.0. The standard InChI is InChI=1S/C19H22N6O/c1-13-5-3-4-6-17(13)26-11-15-7-8-25(10-15)19-22-14(2)9-16(23-19)18-20-12-21-24-18/h3-6,9,12,15H,7-8,10-11H2,1-2H3,(H,20,21,24). The molecule has 0 spiro atoms. The van der Waals surface area contributed by atoms with Crippen LogP contribution in [-0.4, -0.2) is 44.8 Å². The molecule has 1 saturated heterocycles. The number of nitrogens with zero attached hydrogens (tertiary/aromatic N) is 5. The van der Waals surface area contributed by atoms with Crippen LogP contribution >= 0.6 is 0 Å². The molecule has 1 aromatic carbocycles. The molecule has 134 valence electrons. The van der Waals surface area contributed by atoms with E-state index in [0.717, 1.165) is 42.6 Å². The molecular weight excluding hydrogens is 328 g/mol. The fraction of sp³-hybridized carbons (Fsp3) is 0.368. The number of aromatic nitrogens is 5. The predicted octanol–water partition coefficient (Wildman–Crippen LogP) is 2.78. The van der Waals surface area contributed by atoms with E-state index in [4.69, 9.17) is 4.74 Å². The van der Waals surface area contributed by atoms with E-state index < -0.39 is 0 Å². The highest BCUT2D eigenvalue weighted by molar-refractivity contribution is 5.52. The number of nitrogens with one attached hydrogen (secondary N) is 1. The van der Waals surface area contributed by atoms with Crippen LogP contribution < -0.4 is 9.64 Å². The van der Waals surface area contributed by atoms with Gasteiger partial charge in [0.15, 0.2) is 5.82 Å². The van der Waals surface area contributed by atoms with Gasteiger partial charge >= 0.3 is 0 Å². The van der Waals surface area contributed by atoms with E-state index in [0.29, 0.717) is 18.3 Å². The summed E-state index contributed by atoms with van der Waals surface area (Å²) in [5, 5.41) is 6.85. The topological polar surface area (TPSA) is 79.8 Å². The Labute approximate surface area is 152 Å². The Morgan fingerprint density at radius 2 is 2.12 bits per heavy atom. The van der Waals surface area contributed by atoms with Crippen LogP contribution in [0.25, 0.3) is 11.5 Å². The van der Waals surface area contributed by atoms with Gasteiger partial charge in [-0.25, -0.2) is 15.0 Å². The largest absolute Gasteiger partial charge is 0.493 e. The first-order chi connectivity index (χ1) is 12.7. The van der Waals surface area contributed by atoms with Crippen LogP contribution in [0.15, 0.2) is 36.7 Å². The molecule has 0 bridgehead atoms. The SMILES string of the molecule is Cc1cc(-c2nc[nH]n2)nc(N2CCC(COc3ccccc3C)C2)n1. The third kappa shape index (κ3) is 3.51. The van der Waals surface area contributed by atoms with Gasteiger partial charge in [0.2, 0.25) is 5.95 Å². The quantitative estimate of drug-likeness (QED) is 0.762. The monoisotopic (exact) mass is 350 g/mol. The first-order valence-electron chi connectivity index (χ1n) is 8.84. The Bertz CT molecular complexity index is 879. The van der Waals surface area contributed by atoms with Gasteiger partial charge in [-0.3, -0.25) is 5.10 Å². The van der Waals surface area contributed by atoms with Crippen molar-refractivity contribution in [1.29, 1.82) is 0 Å². The van der Waals surface area contributed by atoms with Crippen molar-refractivity contribution in [3.63, 3.8) is 0 Å². The lowest BCUT2D eigenvalue weighted by Crippen LogP contribution is -2.24. The van der Waals surface area contributed by atoms with Crippen LogP contribution in [0.1, 0.15) is 17.7 Å². The fourth-order valence-electron chi connectivity index (χ4n) is 3.22. The molecule has 0 amide bonds. The van der Waals surface area contributed by atoms with Gasteiger partial charge in [-0.15, -0.1) is 0 Å². The summed E-state index contributed by atoms with van der Waals surface area (Å²) >= 11 is 0. The summed E-state index contributed by atoms with van der Waals surface area (Å²) in [6.07, 6.45) is 2.63. The summed E-state index contributed by atoms with van der Waals surface area (Å²) in [4.78, 5) is 15.7. The molecule has 1 aliphatic heterocycles. The zero-order chi connectivity index (χ0) is 17.9. The average Bonchev–Trinajstić information content (AvgIpc) is 3.33. The summed E-state index contributed by atoms with van der Waals surface area (Å²) in [6.45, 7) is 6.57. The second-order valence-electron chi connectivity index (χ2n) is 6.69. The van der Waals surface area contributed by atoms with Crippen LogP contribution in [0.3, 0.4) is 0 Å². The number of anilines is 1. The normalized spacial score (nSPS) is 16.8. The van der Waals surface area contributed by atoms with E-state index in [-0.39, 0.29) is 0 Å². The molecule has 7 nitrogen and oxygen atoms in total. The van der Waals surface area contributed by atoms with Crippen LogP contribution in [0.2, 0.25) is 0 Å². The summed E-state index contributed by atoms with van der Waals surface area (Å²) in [5.74, 6) is 2.76. The summed E-state index contributed by atoms with van der Waals surface area (Å²) in [7, 11) is 0. The molecule has 0 saturated carbocycles. The van der Waals surface area contributed by atoms with Crippen LogP contribution in [0, 0.1) is 19.8 Å². The molecule has 0 aliphatic carbocycles. The van der Waals surface area contributed by atoms with Gasteiger partial charge in [-0.2, -0.15) is 5.10 Å². The minimum Gasteiger partial charge on any atom is -0.493 e. The van der Waals surface area contributed by atoms with E-state index in [1.165, 1.54) is 5.56 Å². The highest BCUT2D eigenvalue weighted by Crippen LogP contribution is 2.25. The number of benzene rings is 1. The smallest absolute Gasteiger partial charge is 0.226 e. The lowest BCUT2D eigenvalue weighted by Gasteiger charge is -2.18. The Balaban J connectivity index is 1.43. The summed E-state index contributed by atoms with van der Waals surface area (Å²) in [5.41, 5.74) is 2.82. The molecule has 3 heterocycles. The fourth-order valence-corrected chi connectivity index (χ4v) is 3.22. The number of ether oxygens (including phenoxy) is 1. The molecule has 0 radical (unpaired) electrons.